The fraction of sp³-hybridized carbons (Fsp3) is 0.619. The van der Waals surface area contributed by atoms with Crippen LogP contribution in [0, 0.1) is 0 Å². The first kappa shape index (κ1) is 18.8. The topological polar surface area (TPSA) is 20.2 Å². The van der Waals surface area contributed by atoms with Crippen LogP contribution < -0.4 is 0 Å². The molecule has 0 aliphatic rings. The van der Waals surface area contributed by atoms with Crippen LogP contribution in [-0.4, -0.2) is 5.11 Å². The molecule has 0 saturated heterocycles. The first-order valence-corrected chi connectivity index (χ1v) is 9.26. The number of hydrogen-bond donors (Lipinski definition) is 1. The van der Waals surface area contributed by atoms with Gasteiger partial charge in [0.05, 0.1) is 0 Å². The standard InChI is InChI=1S/C21H34O/c1-2-3-4-5-6-7-8-9-10-11-12-13-14-16-20-17-15-18-21(22)19-20/h13-15,17-19,22H,2-12,16H2,1H3/b14-13+. The fourth-order valence-electron chi connectivity index (χ4n) is 2.77. The largest absolute Gasteiger partial charge is 0.508 e. The second kappa shape index (κ2) is 13.4. The first-order valence-electron chi connectivity index (χ1n) is 9.26. The number of allylic oxidation sites excluding steroid dienone is 2. The van der Waals surface area contributed by atoms with Crippen LogP contribution in [0.4, 0.5) is 0 Å². The molecule has 0 bridgehead atoms. The summed E-state index contributed by atoms with van der Waals surface area (Å²) in [5, 5.41) is 9.39. The van der Waals surface area contributed by atoms with Crippen molar-refractivity contribution >= 4 is 0 Å². The number of unbranched alkanes of at least 4 members (excludes halogenated alkanes) is 10. The first-order chi connectivity index (χ1) is 10.8. The van der Waals surface area contributed by atoms with Crippen LogP contribution in [0.1, 0.15) is 83.1 Å². The van der Waals surface area contributed by atoms with Gasteiger partial charge in [0.2, 0.25) is 0 Å². The van der Waals surface area contributed by atoms with E-state index in [1.54, 1.807) is 6.07 Å². The predicted molar refractivity (Wildman–Crippen MR) is 97.4 cm³/mol. The minimum Gasteiger partial charge on any atom is -0.508 e. The van der Waals surface area contributed by atoms with Crippen molar-refractivity contribution in [1.29, 1.82) is 0 Å². The molecule has 0 spiro atoms. The van der Waals surface area contributed by atoms with Crippen molar-refractivity contribution < 1.29 is 5.11 Å². The van der Waals surface area contributed by atoms with Crippen molar-refractivity contribution in [3.8, 4) is 5.75 Å². The predicted octanol–water partition coefficient (Wildman–Crippen LogP) is 6.80. The smallest absolute Gasteiger partial charge is 0.115 e. The molecule has 0 unspecified atom stereocenters. The van der Waals surface area contributed by atoms with E-state index in [0.29, 0.717) is 5.75 Å². The van der Waals surface area contributed by atoms with Crippen LogP contribution in [0.2, 0.25) is 0 Å². The summed E-state index contributed by atoms with van der Waals surface area (Å²) in [7, 11) is 0. The quantitative estimate of drug-likeness (QED) is 0.314. The van der Waals surface area contributed by atoms with Gasteiger partial charge in [0.25, 0.3) is 0 Å². The van der Waals surface area contributed by atoms with Crippen molar-refractivity contribution in [2.24, 2.45) is 0 Å². The highest BCUT2D eigenvalue weighted by atomic mass is 16.3. The molecular formula is C21H34O. The molecule has 0 heterocycles. The molecular weight excluding hydrogens is 268 g/mol. The second-order valence-electron chi connectivity index (χ2n) is 6.32. The number of hydrogen-bond acceptors (Lipinski definition) is 1. The Morgan fingerprint density at radius 1 is 0.818 bits per heavy atom. The Morgan fingerprint density at radius 3 is 2.09 bits per heavy atom. The number of benzene rings is 1. The van der Waals surface area contributed by atoms with Gasteiger partial charge in [-0.15, -0.1) is 0 Å². The molecule has 1 rings (SSSR count). The Bertz CT molecular complexity index is 395. The molecule has 0 aliphatic carbocycles. The Balaban J connectivity index is 1.88. The fourth-order valence-corrected chi connectivity index (χ4v) is 2.77. The Labute approximate surface area is 137 Å². The van der Waals surface area contributed by atoms with E-state index in [0.717, 1.165) is 6.42 Å². The summed E-state index contributed by atoms with van der Waals surface area (Å²) in [5.41, 5.74) is 1.18. The van der Waals surface area contributed by atoms with Gasteiger partial charge in [0, 0.05) is 0 Å². The van der Waals surface area contributed by atoms with Crippen LogP contribution in [0.5, 0.6) is 5.75 Å². The SMILES string of the molecule is CCCCCCCCCCCC/C=C/Cc1cccc(O)c1. The highest BCUT2D eigenvalue weighted by Crippen LogP contribution is 2.13. The molecule has 0 aromatic heterocycles. The molecule has 1 aromatic carbocycles. The highest BCUT2D eigenvalue weighted by molar-refractivity contribution is 5.28. The van der Waals surface area contributed by atoms with Gasteiger partial charge in [-0.25, -0.2) is 0 Å². The van der Waals surface area contributed by atoms with E-state index in [-0.39, 0.29) is 0 Å². The van der Waals surface area contributed by atoms with E-state index in [1.165, 1.54) is 76.2 Å². The zero-order chi connectivity index (χ0) is 15.9. The average Bonchev–Trinajstić information content (AvgIpc) is 2.52. The van der Waals surface area contributed by atoms with Crippen LogP contribution >= 0.6 is 0 Å². The number of rotatable bonds is 13. The molecule has 1 nitrogen and oxygen atoms in total. The van der Waals surface area contributed by atoms with E-state index in [9.17, 15) is 5.11 Å². The molecule has 1 aromatic rings. The van der Waals surface area contributed by atoms with Gasteiger partial charge >= 0.3 is 0 Å². The molecule has 0 aliphatic heterocycles. The Kier molecular flexibility index (Phi) is 11.5. The number of phenolic OH excluding ortho intramolecular Hbond substituents is 1. The van der Waals surface area contributed by atoms with Crippen molar-refractivity contribution in [2.75, 3.05) is 0 Å². The Morgan fingerprint density at radius 2 is 1.45 bits per heavy atom. The molecule has 0 radical (unpaired) electrons. The van der Waals surface area contributed by atoms with Gasteiger partial charge in [-0.1, -0.05) is 89.0 Å². The molecule has 1 heteroatoms. The monoisotopic (exact) mass is 302 g/mol. The van der Waals surface area contributed by atoms with Gasteiger partial charge in [-0.3, -0.25) is 0 Å². The molecule has 22 heavy (non-hydrogen) atoms. The summed E-state index contributed by atoms with van der Waals surface area (Å²) < 4.78 is 0. The van der Waals surface area contributed by atoms with E-state index < -0.39 is 0 Å². The number of aromatic hydroxyl groups is 1. The van der Waals surface area contributed by atoms with E-state index in [4.69, 9.17) is 0 Å². The normalized spacial score (nSPS) is 11.3. The summed E-state index contributed by atoms with van der Waals surface area (Å²) in [6.07, 6.45) is 20.6. The third kappa shape index (κ3) is 10.5. The maximum absolute atomic E-state index is 9.39. The van der Waals surface area contributed by atoms with Gasteiger partial charge in [-0.2, -0.15) is 0 Å². The zero-order valence-electron chi connectivity index (χ0n) is 14.4. The highest BCUT2D eigenvalue weighted by Gasteiger charge is 1.93. The third-order valence-corrected chi connectivity index (χ3v) is 4.16. The lowest BCUT2D eigenvalue weighted by molar-refractivity contribution is 0.474. The van der Waals surface area contributed by atoms with Crippen molar-refractivity contribution in [3.63, 3.8) is 0 Å². The summed E-state index contributed by atoms with van der Waals surface area (Å²) in [4.78, 5) is 0. The summed E-state index contributed by atoms with van der Waals surface area (Å²) >= 11 is 0. The van der Waals surface area contributed by atoms with Crippen LogP contribution in [0.3, 0.4) is 0 Å². The lowest BCUT2D eigenvalue weighted by Crippen LogP contribution is -1.82. The maximum atomic E-state index is 9.39. The van der Waals surface area contributed by atoms with Crippen molar-refractivity contribution in [1.82, 2.24) is 0 Å². The van der Waals surface area contributed by atoms with E-state index in [1.807, 2.05) is 12.1 Å². The van der Waals surface area contributed by atoms with Gasteiger partial charge in [0.15, 0.2) is 0 Å². The van der Waals surface area contributed by atoms with E-state index in [2.05, 4.69) is 25.1 Å². The third-order valence-electron chi connectivity index (χ3n) is 4.16. The lowest BCUT2D eigenvalue weighted by Gasteiger charge is -2.01. The minimum atomic E-state index is 0.362. The van der Waals surface area contributed by atoms with Gasteiger partial charge < -0.3 is 5.11 Å². The second-order valence-corrected chi connectivity index (χ2v) is 6.32. The summed E-state index contributed by atoms with van der Waals surface area (Å²) in [5.74, 6) is 0.362. The molecule has 0 fully saturated rings. The molecule has 1 N–H and O–H groups in total. The lowest BCUT2D eigenvalue weighted by atomic mass is 10.1. The minimum absolute atomic E-state index is 0.362. The van der Waals surface area contributed by atoms with Crippen LogP contribution in [0.25, 0.3) is 0 Å². The van der Waals surface area contributed by atoms with Gasteiger partial charge in [0.1, 0.15) is 5.75 Å². The van der Waals surface area contributed by atoms with E-state index >= 15 is 0 Å². The maximum Gasteiger partial charge on any atom is 0.115 e. The molecule has 0 saturated carbocycles. The molecule has 124 valence electrons. The summed E-state index contributed by atoms with van der Waals surface area (Å²) in [6, 6.07) is 7.52. The number of phenols is 1. The molecule has 0 atom stereocenters. The molecule has 0 amide bonds. The average molecular weight is 303 g/mol. The van der Waals surface area contributed by atoms with Crippen LogP contribution in [0.15, 0.2) is 36.4 Å². The van der Waals surface area contributed by atoms with Crippen molar-refractivity contribution in [2.45, 2.75) is 84.0 Å². The van der Waals surface area contributed by atoms with Crippen molar-refractivity contribution in [3.05, 3.63) is 42.0 Å². The zero-order valence-corrected chi connectivity index (χ0v) is 14.4. The van der Waals surface area contributed by atoms with Gasteiger partial charge in [-0.05, 0) is 37.0 Å². The Hall–Kier alpha value is -1.24. The van der Waals surface area contributed by atoms with Crippen LogP contribution in [-0.2, 0) is 6.42 Å². The summed E-state index contributed by atoms with van der Waals surface area (Å²) in [6.45, 7) is 2.28.